The lowest BCUT2D eigenvalue weighted by atomic mass is 10.0. The summed E-state index contributed by atoms with van der Waals surface area (Å²) in [6.45, 7) is 8.33. The highest BCUT2D eigenvalue weighted by molar-refractivity contribution is 5.83. The summed E-state index contributed by atoms with van der Waals surface area (Å²) in [6.07, 6.45) is 0.327. The van der Waals surface area contributed by atoms with Crippen molar-refractivity contribution in [3.05, 3.63) is 65.7 Å². The first-order chi connectivity index (χ1) is 15.6. The summed E-state index contributed by atoms with van der Waals surface area (Å²) in [7, 11) is 0. The van der Waals surface area contributed by atoms with Crippen molar-refractivity contribution in [1.29, 1.82) is 0 Å². The number of nitrogens with zero attached hydrogens (tertiary/aromatic N) is 5. The first-order valence-electron chi connectivity index (χ1n) is 11.2. The molecule has 1 amide bonds. The summed E-state index contributed by atoms with van der Waals surface area (Å²) in [5.41, 5.74) is 2.72. The maximum atomic E-state index is 14.0. The number of carbonyl (C=O) groups is 1. The van der Waals surface area contributed by atoms with E-state index in [4.69, 9.17) is 4.84 Å². The Morgan fingerprint density at radius 1 is 1.06 bits per heavy atom. The molecule has 170 valence electrons. The van der Waals surface area contributed by atoms with Crippen molar-refractivity contribution in [1.82, 2.24) is 15.1 Å². The van der Waals surface area contributed by atoms with Gasteiger partial charge in [0.2, 0.25) is 12.3 Å². The van der Waals surface area contributed by atoms with Gasteiger partial charge in [-0.05, 0) is 25.5 Å². The van der Waals surface area contributed by atoms with Gasteiger partial charge in [0.05, 0.1) is 5.29 Å². The summed E-state index contributed by atoms with van der Waals surface area (Å²) in [5, 5.41) is 0.267. The quantitative estimate of drug-likeness (QED) is 0.618. The van der Waals surface area contributed by atoms with Gasteiger partial charge in [0.1, 0.15) is 6.04 Å². The van der Waals surface area contributed by atoms with Crippen LogP contribution in [0, 0.1) is 0 Å². The molecule has 0 bridgehead atoms. The van der Waals surface area contributed by atoms with Crippen LogP contribution in [0.15, 0.2) is 59.6 Å². The van der Waals surface area contributed by atoms with Crippen molar-refractivity contribution in [2.75, 3.05) is 44.2 Å². The van der Waals surface area contributed by atoms with Gasteiger partial charge in [-0.3, -0.25) is 9.69 Å². The monoisotopic (exact) mass is 439 g/mol. The maximum Gasteiger partial charge on any atom is 0.244 e. The molecule has 7 nitrogen and oxygen atoms in total. The molecule has 4 rings (SSSR count). The highest BCUT2D eigenvalue weighted by atomic mass is 19.2. The van der Waals surface area contributed by atoms with Crippen molar-refractivity contribution < 1.29 is 14.1 Å². The fourth-order valence-electron chi connectivity index (χ4n) is 4.50. The molecule has 1 saturated heterocycles. The van der Waals surface area contributed by atoms with Crippen LogP contribution in [0.25, 0.3) is 0 Å². The van der Waals surface area contributed by atoms with Crippen molar-refractivity contribution >= 4 is 18.0 Å². The SMILES string of the molecule is CCN(CC)C(=O)C(c1ccccc1)N1CCN(c2ccccc2C2N=CON2F)CC1. The Bertz CT molecular complexity index is 929. The third-order valence-electron chi connectivity index (χ3n) is 6.20. The first-order valence-corrected chi connectivity index (χ1v) is 11.2. The number of piperazine rings is 1. The van der Waals surface area contributed by atoms with Crippen LogP contribution >= 0.6 is 0 Å². The molecule has 0 N–H and O–H groups in total. The van der Waals surface area contributed by atoms with E-state index in [1.54, 1.807) is 0 Å². The van der Waals surface area contributed by atoms with Gasteiger partial charge < -0.3 is 14.6 Å². The van der Waals surface area contributed by atoms with Gasteiger partial charge in [-0.2, -0.15) is 0 Å². The van der Waals surface area contributed by atoms with Crippen LogP contribution in [0.1, 0.15) is 37.2 Å². The van der Waals surface area contributed by atoms with E-state index in [0.29, 0.717) is 13.1 Å². The molecule has 0 aromatic heterocycles. The Labute approximate surface area is 188 Å². The smallest absolute Gasteiger partial charge is 0.244 e. The summed E-state index contributed by atoms with van der Waals surface area (Å²) < 4.78 is 14.0. The standard InChI is InChI=1S/C24H30FN5O2/c1-3-27(4-2)24(31)22(19-10-6-5-7-11-19)29-16-14-28(15-17-29)21-13-9-8-12-20(21)23-26-18-32-30(23)25/h5-13,18,22-23H,3-4,14-17H2,1-2H3. The number of hydroxylamine groups is 1. The van der Waals surface area contributed by atoms with Gasteiger partial charge in [-0.1, -0.05) is 53.0 Å². The fourth-order valence-corrected chi connectivity index (χ4v) is 4.50. The van der Waals surface area contributed by atoms with E-state index >= 15 is 0 Å². The van der Waals surface area contributed by atoms with Gasteiger partial charge in [-0.25, -0.2) is 4.99 Å². The molecule has 2 atom stereocenters. The Kier molecular flexibility index (Phi) is 7.02. The van der Waals surface area contributed by atoms with E-state index in [1.165, 1.54) is 0 Å². The zero-order valence-electron chi connectivity index (χ0n) is 18.6. The third kappa shape index (κ3) is 4.47. The van der Waals surface area contributed by atoms with Crippen LogP contribution in [0.4, 0.5) is 10.2 Å². The van der Waals surface area contributed by atoms with E-state index in [2.05, 4.69) is 14.8 Å². The molecule has 2 unspecified atom stereocenters. The number of likely N-dealkylation sites (N-methyl/N-ethyl adjacent to an activating group) is 1. The second kappa shape index (κ2) is 10.1. The molecular weight excluding hydrogens is 409 g/mol. The number of benzene rings is 2. The Hall–Kier alpha value is -2.97. The van der Waals surface area contributed by atoms with Gasteiger partial charge in [0.25, 0.3) is 0 Å². The van der Waals surface area contributed by atoms with E-state index in [9.17, 15) is 9.28 Å². The number of amides is 1. The highest BCUT2D eigenvalue weighted by Gasteiger charge is 2.34. The normalized spacial score (nSPS) is 20.2. The molecule has 0 saturated carbocycles. The largest absolute Gasteiger partial charge is 0.369 e. The minimum atomic E-state index is -0.800. The molecule has 8 heteroatoms. The molecule has 2 aromatic carbocycles. The van der Waals surface area contributed by atoms with Gasteiger partial charge in [-0.15, -0.1) is 0 Å². The zero-order valence-corrected chi connectivity index (χ0v) is 18.6. The molecule has 2 aliphatic rings. The number of halogens is 1. The number of hydrogen-bond donors (Lipinski definition) is 0. The molecule has 0 spiro atoms. The summed E-state index contributed by atoms with van der Waals surface area (Å²) in [6, 6.07) is 17.4. The molecule has 2 aliphatic heterocycles. The molecule has 32 heavy (non-hydrogen) atoms. The number of hydrogen-bond acceptors (Lipinski definition) is 6. The molecule has 2 aromatic rings. The molecule has 0 aliphatic carbocycles. The van der Waals surface area contributed by atoms with Crippen molar-refractivity contribution in [3.8, 4) is 0 Å². The number of anilines is 1. The van der Waals surface area contributed by atoms with E-state index in [0.717, 1.165) is 49.4 Å². The zero-order chi connectivity index (χ0) is 22.5. The molecular formula is C24H30FN5O2. The summed E-state index contributed by atoms with van der Waals surface area (Å²) in [4.78, 5) is 28.6. The van der Waals surface area contributed by atoms with Crippen molar-refractivity contribution in [3.63, 3.8) is 0 Å². The number of rotatable bonds is 7. The van der Waals surface area contributed by atoms with Crippen molar-refractivity contribution in [2.45, 2.75) is 26.1 Å². The second-order valence-corrected chi connectivity index (χ2v) is 7.91. The Morgan fingerprint density at radius 3 is 2.34 bits per heavy atom. The Balaban J connectivity index is 1.53. The van der Waals surface area contributed by atoms with Crippen LogP contribution in [-0.2, 0) is 9.63 Å². The Morgan fingerprint density at radius 2 is 1.72 bits per heavy atom. The molecule has 0 radical (unpaired) electrons. The van der Waals surface area contributed by atoms with E-state index < -0.39 is 6.17 Å². The first kappa shape index (κ1) is 22.2. The highest BCUT2D eigenvalue weighted by Crippen LogP contribution is 2.35. The number of carbonyl (C=O) groups excluding carboxylic acids is 1. The second-order valence-electron chi connectivity index (χ2n) is 7.91. The van der Waals surface area contributed by atoms with Gasteiger partial charge in [0, 0.05) is 50.5 Å². The van der Waals surface area contributed by atoms with Gasteiger partial charge in [0.15, 0.2) is 6.17 Å². The van der Waals surface area contributed by atoms with Crippen molar-refractivity contribution in [2.24, 2.45) is 4.99 Å². The third-order valence-corrected chi connectivity index (χ3v) is 6.20. The predicted octanol–water partition coefficient (Wildman–Crippen LogP) is 3.58. The lowest BCUT2D eigenvalue weighted by molar-refractivity contribution is -0.230. The van der Waals surface area contributed by atoms with Crippen LogP contribution in [-0.4, -0.2) is 66.7 Å². The van der Waals surface area contributed by atoms with Crippen LogP contribution < -0.4 is 4.90 Å². The lowest BCUT2D eigenvalue weighted by Gasteiger charge is -2.41. The maximum absolute atomic E-state index is 14.0. The minimum Gasteiger partial charge on any atom is -0.369 e. The minimum absolute atomic E-state index is 0.139. The van der Waals surface area contributed by atoms with E-state index in [-0.39, 0.29) is 17.2 Å². The summed E-state index contributed by atoms with van der Waals surface area (Å²) in [5.74, 6) is 0.139. The average Bonchev–Trinajstić information content (AvgIpc) is 3.27. The number of para-hydroxylation sites is 1. The fraction of sp³-hybridized carbons (Fsp3) is 0.417. The topological polar surface area (TPSA) is 51.6 Å². The van der Waals surface area contributed by atoms with Crippen LogP contribution in [0.3, 0.4) is 0 Å². The van der Waals surface area contributed by atoms with Crippen LogP contribution in [0.2, 0.25) is 0 Å². The molecule has 2 heterocycles. The predicted molar refractivity (Wildman–Crippen MR) is 123 cm³/mol. The summed E-state index contributed by atoms with van der Waals surface area (Å²) >= 11 is 0. The number of aliphatic imine (C=N–C) groups is 1. The molecule has 1 fully saturated rings. The average molecular weight is 440 g/mol. The van der Waals surface area contributed by atoms with E-state index in [1.807, 2.05) is 73.3 Å². The van der Waals surface area contributed by atoms with Crippen LogP contribution in [0.5, 0.6) is 0 Å². The lowest BCUT2D eigenvalue weighted by Crippen LogP contribution is -2.52. The van der Waals surface area contributed by atoms with Gasteiger partial charge >= 0.3 is 0 Å².